The van der Waals surface area contributed by atoms with Gasteiger partial charge >= 0.3 is 6.03 Å². The zero-order chi connectivity index (χ0) is 12.8. The Kier molecular flexibility index (Phi) is 4.91. The fourth-order valence-corrected chi connectivity index (χ4v) is 2.38. The summed E-state index contributed by atoms with van der Waals surface area (Å²) in [5.41, 5.74) is 0. The molecule has 1 aromatic rings. The van der Waals surface area contributed by atoms with Gasteiger partial charge in [0.05, 0.1) is 13.2 Å². The molecule has 2 rings (SSSR count). The van der Waals surface area contributed by atoms with Crippen LogP contribution in [-0.4, -0.2) is 54.8 Å². The van der Waals surface area contributed by atoms with Crippen LogP contribution in [0.2, 0.25) is 0 Å². The van der Waals surface area contributed by atoms with E-state index < -0.39 is 0 Å². The number of urea groups is 1. The first-order valence-corrected chi connectivity index (χ1v) is 6.89. The fraction of sp³-hybridized carbons (Fsp3) is 0.636. The largest absolute Gasteiger partial charge is 0.379 e. The molecule has 18 heavy (non-hydrogen) atoms. The highest BCUT2D eigenvalue weighted by Crippen LogP contribution is 2.09. The van der Waals surface area contributed by atoms with E-state index >= 15 is 0 Å². The summed E-state index contributed by atoms with van der Waals surface area (Å²) in [5.74, 6) is 0. The van der Waals surface area contributed by atoms with Crippen molar-refractivity contribution >= 4 is 22.5 Å². The SMILES string of the molecule is C[C@@H](CN1CCOCC1)NC(=O)Nc1nccs1. The summed E-state index contributed by atoms with van der Waals surface area (Å²) in [6.45, 7) is 6.25. The minimum Gasteiger partial charge on any atom is -0.379 e. The summed E-state index contributed by atoms with van der Waals surface area (Å²) in [4.78, 5) is 18.0. The summed E-state index contributed by atoms with van der Waals surface area (Å²) >= 11 is 1.40. The topological polar surface area (TPSA) is 66.5 Å². The van der Waals surface area contributed by atoms with Crippen molar-refractivity contribution in [1.29, 1.82) is 0 Å². The molecule has 0 aromatic carbocycles. The predicted octanol–water partition coefficient (Wildman–Crippen LogP) is 0.985. The van der Waals surface area contributed by atoms with Crippen molar-refractivity contribution in [2.45, 2.75) is 13.0 Å². The Morgan fingerprint density at radius 1 is 1.61 bits per heavy atom. The lowest BCUT2D eigenvalue weighted by atomic mass is 10.3. The Balaban J connectivity index is 1.69. The minimum absolute atomic E-state index is 0.100. The molecule has 0 spiro atoms. The van der Waals surface area contributed by atoms with Crippen molar-refractivity contribution in [1.82, 2.24) is 15.2 Å². The van der Waals surface area contributed by atoms with Crippen LogP contribution in [0.25, 0.3) is 0 Å². The third-order valence-electron chi connectivity index (χ3n) is 2.67. The average Bonchev–Trinajstić information content (AvgIpc) is 2.82. The molecule has 1 aromatic heterocycles. The summed E-state index contributed by atoms with van der Waals surface area (Å²) in [5, 5.41) is 8.05. The Labute approximate surface area is 110 Å². The number of nitrogens with one attached hydrogen (secondary N) is 2. The Morgan fingerprint density at radius 3 is 3.06 bits per heavy atom. The standard InChI is InChI=1S/C11H18N4O2S/c1-9(8-15-3-5-17-6-4-15)13-10(16)14-11-12-2-7-18-11/h2,7,9H,3-6,8H2,1H3,(H2,12,13,14,16)/t9-/m0/s1. The molecule has 7 heteroatoms. The lowest BCUT2D eigenvalue weighted by molar-refractivity contribution is 0.0350. The van der Waals surface area contributed by atoms with Gasteiger partial charge in [0.25, 0.3) is 0 Å². The quantitative estimate of drug-likeness (QED) is 0.856. The van der Waals surface area contributed by atoms with Gasteiger partial charge in [0.2, 0.25) is 0 Å². The number of thiazole rings is 1. The Hall–Kier alpha value is -1.18. The predicted molar refractivity (Wildman–Crippen MR) is 71.0 cm³/mol. The van der Waals surface area contributed by atoms with Gasteiger partial charge in [-0.3, -0.25) is 10.2 Å². The molecule has 0 bridgehead atoms. The second-order valence-corrected chi connectivity index (χ2v) is 5.14. The lowest BCUT2D eigenvalue weighted by Crippen LogP contribution is -2.47. The first kappa shape index (κ1) is 13.3. The molecule has 1 atom stereocenters. The number of anilines is 1. The van der Waals surface area contributed by atoms with E-state index in [4.69, 9.17) is 4.74 Å². The van der Waals surface area contributed by atoms with E-state index in [2.05, 4.69) is 20.5 Å². The normalized spacial score (nSPS) is 18.3. The highest BCUT2D eigenvalue weighted by molar-refractivity contribution is 7.13. The fourth-order valence-electron chi connectivity index (χ4n) is 1.86. The van der Waals surface area contributed by atoms with Crippen molar-refractivity contribution < 1.29 is 9.53 Å². The molecule has 0 radical (unpaired) electrons. The van der Waals surface area contributed by atoms with Crippen LogP contribution in [0.3, 0.4) is 0 Å². The second kappa shape index (κ2) is 6.67. The molecule has 2 amide bonds. The van der Waals surface area contributed by atoms with Crippen LogP contribution in [0.5, 0.6) is 0 Å². The van der Waals surface area contributed by atoms with Gasteiger partial charge in [0.1, 0.15) is 0 Å². The smallest absolute Gasteiger partial charge is 0.321 e. The van der Waals surface area contributed by atoms with E-state index in [1.807, 2.05) is 12.3 Å². The minimum atomic E-state index is -0.203. The van der Waals surface area contributed by atoms with Crippen LogP contribution in [0, 0.1) is 0 Å². The second-order valence-electron chi connectivity index (χ2n) is 4.25. The molecule has 1 fully saturated rings. The number of hydrogen-bond donors (Lipinski definition) is 2. The van der Waals surface area contributed by atoms with E-state index in [-0.39, 0.29) is 12.1 Å². The summed E-state index contributed by atoms with van der Waals surface area (Å²) in [6, 6.07) is -0.103. The molecule has 1 saturated heterocycles. The third-order valence-corrected chi connectivity index (χ3v) is 3.35. The van der Waals surface area contributed by atoms with Gasteiger partial charge in [-0.1, -0.05) is 0 Å². The van der Waals surface area contributed by atoms with E-state index in [1.54, 1.807) is 6.20 Å². The van der Waals surface area contributed by atoms with Gasteiger partial charge in [-0.2, -0.15) is 0 Å². The number of aromatic nitrogens is 1. The monoisotopic (exact) mass is 270 g/mol. The van der Waals surface area contributed by atoms with Crippen molar-refractivity contribution in [3.05, 3.63) is 11.6 Å². The van der Waals surface area contributed by atoms with E-state index in [1.165, 1.54) is 11.3 Å². The maximum atomic E-state index is 11.7. The van der Waals surface area contributed by atoms with Crippen LogP contribution in [-0.2, 0) is 4.74 Å². The number of morpholine rings is 1. The van der Waals surface area contributed by atoms with E-state index in [0.29, 0.717) is 5.13 Å². The van der Waals surface area contributed by atoms with Crippen molar-refractivity contribution in [3.8, 4) is 0 Å². The number of rotatable bonds is 4. The highest BCUT2D eigenvalue weighted by Gasteiger charge is 2.15. The van der Waals surface area contributed by atoms with Crippen molar-refractivity contribution in [2.24, 2.45) is 0 Å². The maximum Gasteiger partial charge on any atom is 0.321 e. The summed E-state index contributed by atoms with van der Waals surface area (Å²) < 4.78 is 5.28. The van der Waals surface area contributed by atoms with Crippen LogP contribution < -0.4 is 10.6 Å². The van der Waals surface area contributed by atoms with E-state index in [0.717, 1.165) is 32.8 Å². The number of carbonyl (C=O) groups is 1. The molecule has 1 aliphatic heterocycles. The molecular formula is C11H18N4O2S. The summed E-state index contributed by atoms with van der Waals surface area (Å²) in [6.07, 6.45) is 1.66. The van der Waals surface area contributed by atoms with Crippen LogP contribution in [0.1, 0.15) is 6.92 Å². The molecule has 100 valence electrons. The number of hydrogen-bond acceptors (Lipinski definition) is 5. The average molecular weight is 270 g/mol. The Bertz CT molecular complexity index is 365. The van der Waals surface area contributed by atoms with Gasteiger partial charge in [0, 0.05) is 37.3 Å². The maximum absolute atomic E-state index is 11.7. The molecule has 0 aliphatic carbocycles. The third kappa shape index (κ3) is 4.25. The zero-order valence-corrected chi connectivity index (χ0v) is 11.2. The Morgan fingerprint density at radius 2 is 2.39 bits per heavy atom. The molecule has 0 unspecified atom stereocenters. The first-order chi connectivity index (χ1) is 8.74. The first-order valence-electron chi connectivity index (χ1n) is 6.01. The van der Waals surface area contributed by atoms with Crippen LogP contribution in [0.15, 0.2) is 11.6 Å². The molecule has 6 nitrogen and oxygen atoms in total. The molecule has 0 saturated carbocycles. The number of amides is 2. The highest BCUT2D eigenvalue weighted by atomic mass is 32.1. The van der Waals surface area contributed by atoms with E-state index in [9.17, 15) is 4.79 Å². The van der Waals surface area contributed by atoms with Gasteiger partial charge in [-0.25, -0.2) is 9.78 Å². The molecule has 2 N–H and O–H groups in total. The van der Waals surface area contributed by atoms with Gasteiger partial charge in [0.15, 0.2) is 5.13 Å². The van der Waals surface area contributed by atoms with Crippen LogP contribution >= 0.6 is 11.3 Å². The van der Waals surface area contributed by atoms with Gasteiger partial charge in [-0.15, -0.1) is 11.3 Å². The van der Waals surface area contributed by atoms with Gasteiger partial charge in [-0.05, 0) is 6.92 Å². The summed E-state index contributed by atoms with van der Waals surface area (Å²) in [7, 11) is 0. The number of ether oxygens (including phenoxy) is 1. The molecule has 2 heterocycles. The van der Waals surface area contributed by atoms with Crippen molar-refractivity contribution in [2.75, 3.05) is 38.2 Å². The zero-order valence-electron chi connectivity index (χ0n) is 10.4. The number of carbonyl (C=O) groups excluding carboxylic acids is 1. The van der Waals surface area contributed by atoms with Crippen LogP contribution in [0.4, 0.5) is 9.93 Å². The number of nitrogens with zero attached hydrogens (tertiary/aromatic N) is 2. The van der Waals surface area contributed by atoms with Gasteiger partial charge < -0.3 is 10.1 Å². The molecule has 1 aliphatic rings. The lowest BCUT2D eigenvalue weighted by Gasteiger charge is -2.29. The van der Waals surface area contributed by atoms with Crippen molar-refractivity contribution in [3.63, 3.8) is 0 Å². The molecular weight excluding hydrogens is 252 g/mol.